The van der Waals surface area contributed by atoms with Gasteiger partial charge in [-0.3, -0.25) is 0 Å². The van der Waals surface area contributed by atoms with Gasteiger partial charge in [0, 0.05) is 22.0 Å². The number of anilines is 1. The summed E-state index contributed by atoms with van der Waals surface area (Å²) in [5, 5.41) is 2.88. The van der Waals surface area contributed by atoms with E-state index >= 15 is 0 Å². The maximum absolute atomic E-state index is 5.92. The molecule has 0 saturated carbocycles. The lowest BCUT2D eigenvalue weighted by Gasteiger charge is -2.02. The maximum atomic E-state index is 5.92. The Labute approximate surface area is 85.3 Å². The van der Waals surface area contributed by atoms with Gasteiger partial charge in [-0.2, -0.15) is 0 Å². The lowest BCUT2D eigenvalue weighted by atomic mass is 10.1. The molecule has 0 spiro atoms. The van der Waals surface area contributed by atoms with Gasteiger partial charge in [0.1, 0.15) is 5.82 Å². The van der Waals surface area contributed by atoms with Crippen LogP contribution in [0.1, 0.15) is 0 Å². The summed E-state index contributed by atoms with van der Waals surface area (Å²) in [7, 11) is 0. The summed E-state index contributed by atoms with van der Waals surface area (Å²) in [5.74, 6) is 0.446. The highest BCUT2D eigenvalue weighted by molar-refractivity contribution is 6.36. The van der Waals surface area contributed by atoms with Crippen molar-refractivity contribution in [2.75, 3.05) is 5.73 Å². The lowest BCUT2D eigenvalue weighted by Crippen LogP contribution is -1.91. The van der Waals surface area contributed by atoms with Crippen molar-refractivity contribution in [1.29, 1.82) is 0 Å². The summed E-state index contributed by atoms with van der Waals surface area (Å²) in [6.07, 6.45) is 1.53. The Bertz CT molecular complexity index is 468. The summed E-state index contributed by atoms with van der Waals surface area (Å²) in [4.78, 5) is 3.94. The van der Waals surface area contributed by atoms with Gasteiger partial charge in [-0.05, 0) is 12.1 Å². The second-order valence-corrected chi connectivity index (χ2v) is 3.52. The Kier molecular flexibility index (Phi) is 2.02. The second-order valence-electron chi connectivity index (χ2n) is 2.68. The van der Waals surface area contributed by atoms with Crippen LogP contribution in [0, 0.1) is 0 Å². The highest BCUT2D eigenvalue weighted by Crippen LogP contribution is 2.28. The van der Waals surface area contributed by atoms with Gasteiger partial charge < -0.3 is 5.73 Å². The summed E-state index contributed by atoms with van der Waals surface area (Å²) in [5.41, 5.74) is 5.67. The first-order valence-electron chi connectivity index (χ1n) is 3.68. The molecule has 0 bridgehead atoms. The monoisotopic (exact) mass is 212 g/mol. The molecular formula is C9H6Cl2N2. The molecule has 0 aliphatic carbocycles. The molecular weight excluding hydrogens is 207 g/mol. The topological polar surface area (TPSA) is 38.9 Å². The van der Waals surface area contributed by atoms with Crippen molar-refractivity contribution in [2.45, 2.75) is 0 Å². The molecule has 0 fully saturated rings. The van der Waals surface area contributed by atoms with Crippen LogP contribution in [0.5, 0.6) is 0 Å². The van der Waals surface area contributed by atoms with Crippen molar-refractivity contribution < 1.29 is 0 Å². The number of benzene rings is 1. The van der Waals surface area contributed by atoms with Crippen LogP contribution in [0.15, 0.2) is 24.4 Å². The van der Waals surface area contributed by atoms with E-state index in [2.05, 4.69) is 4.98 Å². The molecule has 2 aromatic rings. The highest BCUT2D eigenvalue weighted by Gasteiger charge is 2.03. The van der Waals surface area contributed by atoms with E-state index in [0.717, 1.165) is 10.8 Å². The van der Waals surface area contributed by atoms with Crippen LogP contribution in [0.3, 0.4) is 0 Å². The predicted molar refractivity (Wildman–Crippen MR) is 56.2 cm³/mol. The van der Waals surface area contributed by atoms with E-state index in [0.29, 0.717) is 15.9 Å². The van der Waals surface area contributed by atoms with Crippen LogP contribution in [-0.4, -0.2) is 4.98 Å². The molecule has 2 nitrogen and oxygen atoms in total. The third-order valence-corrected chi connectivity index (χ3v) is 2.37. The minimum absolute atomic E-state index is 0.446. The minimum atomic E-state index is 0.446. The van der Waals surface area contributed by atoms with E-state index in [4.69, 9.17) is 28.9 Å². The molecule has 4 heteroatoms. The van der Waals surface area contributed by atoms with Crippen LogP contribution in [0.2, 0.25) is 10.0 Å². The normalized spacial score (nSPS) is 10.6. The number of hydrogen-bond donors (Lipinski definition) is 1. The Balaban J connectivity index is 2.92. The van der Waals surface area contributed by atoms with Gasteiger partial charge in [-0.1, -0.05) is 29.3 Å². The van der Waals surface area contributed by atoms with E-state index in [1.54, 1.807) is 12.1 Å². The van der Waals surface area contributed by atoms with Gasteiger partial charge in [-0.15, -0.1) is 0 Å². The lowest BCUT2D eigenvalue weighted by molar-refractivity contribution is 1.37. The SMILES string of the molecule is Nc1ncc(Cl)c2ccc(Cl)cc12. The van der Waals surface area contributed by atoms with E-state index < -0.39 is 0 Å². The van der Waals surface area contributed by atoms with Gasteiger partial charge in [0.25, 0.3) is 0 Å². The molecule has 0 saturated heterocycles. The van der Waals surface area contributed by atoms with E-state index in [1.165, 1.54) is 6.20 Å². The average Bonchev–Trinajstić information content (AvgIpc) is 2.12. The number of rotatable bonds is 0. The van der Waals surface area contributed by atoms with Crippen LogP contribution >= 0.6 is 23.2 Å². The number of nitrogens with zero attached hydrogens (tertiary/aromatic N) is 1. The molecule has 1 aromatic carbocycles. The van der Waals surface area contributed by atoms with Crippen LogP contribution in [0.4, 0.5) is 5.82 Å². The number of hydrogen-bond acceptors (Lipinski definition) is 2. The van der Waals surface area contributed by atoms with E-state index in [-0.39, 0.29) is 0 Å². The van der Waals surface area contributed by atoms with Gasteiger partial charge in [0.2, 0.25) is 0 Å². The summed E-state index contributed by atoms with van der Waals surface area (Å²) in [6.45, 7) is 0. The molecule has 1 aromatic heterocycles. The number of halogens is 2. The molecule has 0 atom stereocenters. The first-order valence-corrected chi connectivity index (χ1v) is 4.43. The van der Waals surface area contributed by atoms with Gasteiger partial charge in [0.15, 0.2) is 0 Å². The molecule has 0 aliphatic rings. The van der Waals surface area contributed by atoms with Gasteiger partial charge in [0.05, 0.1) is 5.02 Å². The van der Waals surface area contributed by atoms with Crippen molar-refractivity contribution in [3.8, 4) is 0 Å². The zero-order valence-corrected chi connectivity index (χ0v) is 8.10. The van der Waals surface area contributed by atoms with Gasteiger partial charge in [-0.25, -0.2) is 4.98 Å². The Hall–Kier alpha value is -0.990. The summed E-state index contributed by atoms with van der Waals surface area (Å²) in [6, 6.07) is 5.36. The maximum Gasteiger partial charge on any atom is 0.131 e. The number of nitrogen functional groups attached to an aromatic ring is 1. The minimum Gasteiger partial charge on any atom is -0.383 e. The fourth-order valence-corrected chi connectivity index (χ4v) is 1.59. The van der Waals surface area contributed by atoms with Crippen molar-refractivity contribution >= 4 is 39.8 Å². The third-order valence-electron chi connectivity index (χ3n) is 1.83. The Morgan fingerprint density at radius 3 is 2.69 bits per heavy atom. The second kappa shape index (κ2) is 3.05. The zero-order valence-electron chi connectivity index (χ0n) is 6.59. The largest absolute Gasteiger partial charge is 0.383 e. The van der Waals surface area contributed by atoms with Crippen molar-refractivity contribution in [3.63, 3.8) is 0 Å². The van der Waals surface area contributed by atoms with E-state index in [9.17, 15) is 0 Å². The van der Waals surface area contributed by atoms with Crippen LogP contribution in [0.25, 0.3) is 10.8 Å². The predicted octanol–water partition coefficient (Wildman–Crippen LogP) is 3.12. The molecule has 0 amide bonds. The molecule has 0 radical (unpaired) electrons. The Morgan fingerprint density at radius 2 is 1.92 bits per heavy atom. The number of pyridine rings is 1. The summed E-state index contributed by atoms with van der Waals surface area (Å²) < 4.78 is 0. The smallest absolute Gasteiger partial charge is 0.131 e. The van der Waals surface area contributed by atoms with Crippen molar-refractivity contribution in [1.82, 2.24) is 4.98 Å². The van der Waals surface area contributed by atoms with E-state index in [1.807, 2.05) is 6.07 Å². The number of nitrogens with two attached hydrogens (primary N) is 1. The first kappa shape index (κ1) is 8.60. The molecule has 2 rings (SSSR count). The van der Waals surface area contributed by atoms with Crippen LogP contribution in [-0.2, 0) is 0 Å². The standard InChI is InChI=1S/C9H6Cl2N2/c10-5-1-2-6-7(3-5)9(12)13-4-8(6)11/h1-4H,(H2,12,13). The van der Waals surface area contributed by atoms with Crippen molar-refractivity contribution in [3.05, 3.63) is 34.4 Å². The number of fused-ring (bicyclic) bond motifs is 1. The fourth-order valence-electron chi connectivity index (χ4n) is 1.20. The highest BCUT2D eigenvalue weighted by atomic mass is 35.5. The molecule has 0 unspecified atom stereocenters. The van der Waals surface area contributed by atoms with Crippen molar-refractivity contribution in [2.24, 2.45) is 0 Å². The quantitative estimate of drug-likeness (QED) is 0.730. The molecule has 2 N–H and O–H groups in total. The molecule has 66 valence electrons. The van der Waals surface area contributed by atoms with Gasteiger partial charge >= 0.3 is 0 Å². The average molecular weight is 213 g/mol. The van der Waals surface area contributed by atoms with Crippen LogP contribution < -0.4 is 5.73 Å². The molecule has 13 heavy (non-hydrogen) atoms. The summed E-state index contributed by atoms with van der Waals surface area (Å²) >= 11 is 11.7. The number of aromatic nitrogens is 1. The first-order chi connectivity index (χ1) is 6.18. The zero-order chi connectivity index (χ0) is 9.42. The fraction of sp³-hybridized carbons (Fsp3) is 0. The third kappa shape index (κ3) is 1.43. The molecule has 1 heterocycles. The molecule has 0 aliphatic heterocycles. The Morgan fingerprint density at radius 1 is 1.15 bits per heavy atom.